The van der Waals surface area contributed by atoms with Crippen LogP contribution in [0.5, 0.6) is 0 Å². The molecular weight excluding hydrogens is 354 g/mol. The van der Waals surface area contributed by atoms with Gasteiger partial charge in [-0.05, 0) is 29.3 Å². The largest absolute Gasteiger partial charge is 0.345 e. The van der Waals surface area contributed by atoms with Gasteiger partial charge < -0.3 is 10.3 Å². The second-order valence-corrected chi connectivity index (χ2v) is 6.35. The molecular formula is C20H15N7O. The first-order valence-corrected chi connectivity index (χ1v) is 8.74. The van der Waals surface area contributed by atoms with Crippen molar-refractivity contribution >= 4 is 28.1 Å². The highest BCUT2D eigenvalue weighted by molar-refractivity contribution is 6.04. The summed E-state index contributed by atoms with van der Waals surface area (Å²) in [5, 5.41) is 13.6. The second kappa shape index (κ2) is 6.58. The molecule has 5 aromatic rings. The average molecular weight is 369 g/mol. The lowest BCUT2D eigenvalue weighted by Gasteiger charge is -2.20. The van der Waals surface area contributed by atoms with Crippen molar-refractivity contribution in [3.05, 3.63) is 83.8 Å². The molecule has 8 nitrogen and oxygen atoms in total. The number of hydrogen-bond acceptors (Lipinski definition) is 5. The zero-order valence-electron chi connectivity index (χ0n) is 14.6. The summed E-state index contributed by atoms with van der Waals surface area (Å²) in [6, 6.07) is 17.0. The Hall–Kier alpha value is -4.07. The van der Waals surface area contributed by atoms with E-state index in [1.807, 2.05) is 48.5 Å². The maximum Gasteiger partial charge on any atom is 0.254 e. The molecule has 0 aliphatic heterocycles. The molecule has 8 heteroatoms. The zero-order valence-corrected chi connectivity index (χ0v) is 14.6. The molecule has 0 radical (unpaired) electrons. The minimum absolute atomic E-state index is 0.250. The minimum Gasteiger partial charge on any atom is -0.345 e. The van der Waals surface area contributed by atoms with Gasteiger partial charge in [0.25, 0.3) is 5.91 Å². The van der Waals surface area contributed by atoms with Crippen molar-refractivity contribution in [3.63, 3.8) is 0 Å². The third-order valence-electron chi connectivity index (χ3n) is 4.65. The SMILES string of the molecule is O=C(NC(c1ccccc1)c1ccc2nc[nH]c2c1)c1ccnc2n[nH]nc12. The zero-order chi connectivity index (χ0) is 18.9. The molecule has 0 aliphatic carbocycles. The number of nitrogens with zero attached hydrogens (tertiary/aromatic N) is 4. The molecule has 3 N–H and O–H groups in total. The first kappa shape index (κ1) is 16.1. The summed E-state index contributed by atoms with van der Waals surface area (Å²) in [4.78, 5) is 24.6. The minimum atomic E-state index is -0.337. The number of carbonyl (C=O) groups is 1. The summed E-state index contributed by atoms with van der Waals surface area (Å²) in [5.41, 5.74) is 4.97. The van der Waals surface area contributed by atoms with Crippen molar-refractivity contribution < 1.29 is 4.79 Å². The van der Waals surface area contributed by atoms with E-state index in [0.717, 1.165) is 22.2 Å². The van der Waals surface area contributed by atoms with Gasteiger partial charge in [-0.1, -0.05) is 36.4 Å². The van der Waals surface area contributed by atoms with Gasteiger partial charge in [-0.15, -0.1) is 5.10 Å². The molecule has 2 aromatic carbocycles. The molecule has 1 amide bonds. The van der Waals surface area contributed by atoms with Gasteiger partial charge in [0.2, 0.25) is 5.65 Å². The predicted molar refractivity (Wildman–Crippen MR) is 104 cm³/mol. The van der Waals surface area contributed by atoms with E-state index in [1.54, 1.807) is 18.6 Å². The number of amides is 1. The van der Waals surface area contributed by atoms with Gasteiger partial charge >= 0.3 is 0 Å². The molecule has 0 saturated heterocycles. The molecule has 3 aromatic heterocycles. The Morgan fingerprint density at radius 3 is 2.75 bits per heavy atom. The van der Waals surface area contributed by atoms with Gasteiger partial charge in [-0.3, -0.25) is 4.79 Å². The Morgan fingerprint density at radius 2 is 1.86 bits per heavy atom. The Kier molecular flexibility index (Phi) is 3.79. The molecule has 28 heavy (non-hydrogen) atoms. The highest BCUT2D eigenvalue weighted by Crippen LogP contribution is 2.25. The van der Waals surface area contributed by atoms with Gasteiger partial charge in [0, 0.05) is 6.20 Å². The van der Waals surface area contributed by atoms with E-state index in [-0.39, 0.29) is 11.9 Å². The molecule has 0 aliphatic rings. The van der Waals surface area contributed by atoms with Crippen molar-refractivity contribution in [1.82, 2.24) is 35.7 Å². The lowest BCUT2D eigenvalue weighted by Crippen LogP contribution is -2.29. The molecule has 0 spiro atoms. The van der Waals surface area contributed by atoms with E-state index in [0.29, 0.717) is 16.7 Å². The van der Waals surface area contributed by atoms with E-state index in [1.165, 1.54) is 0 Å². The number of aromatic nitrogens is 6. The molecule has 0 bridgehead atoms. The van der Waals surface area contributed by atoms with E-state index in [9.17, 15) is 4.79 Å². The lowest BCUT2D eigenvalue weighted by atomic mass is 9.97. The fourth-order valence-electron chi connectivity index (χ4n) is 3.29. The van der Waals surface area contributed by atoms with Crippen LogP contribution in [0.3, 0.4) is 0 Å². The van der Waals surface area contributed by atoms with E-state index in [2.05, 4.69) is 35.7 Å². The third-order valence-corrected chi connectivity index (χ3v) is 4.65. The molecule has 3 heterocycles. The van der Waals surface area contributed by atoms with Gasteiger partial charge in [0.15, 0.2) is 0 Å². The Labute approximate surface area is 159 Å². The van der Waals surface area contributed by atoms with Crippen molar-refractivity contribution in [2.24, 2.45) is 0 Å². The third kappa shape index (κ3) is 2.77. The second-order valence-electron chi connectivity index (χ2n) is 6.35. The summed E-state index contributed by atoms with van der Waals surface area (Å²) in [6.07, 6.45) is 3.21. The number of fused-ring (bicyclic) bond motifs is 2. The van der Waals surface area contributed by atoms with Crippen LogP contribution in [-0.4, -0.2) is 36.3 Å². The summed E-state index contributed by atoms with van der Waals surface area (Å²) < 4.78 is 0. The molecule has 136 valence electrons. The first-order valence-electron chi connectivity index (χ1n) is 8.74. The number of pyridine rings is 1. The monoisotopic (exact) mass is 369 g/mol. The fraction of sp³-hybridized carbons (Fsp3) is 0.0500. The number of rotatable bonds is 4. The quantitative estimate of drug-likeness (QED) is 0.451. The maximum atomic E-state index is 13.1. The van der Waals surface area contributed by atoms with Gasteiger partial charge in [0.05, 0.1) is 29.0 Å². The van der Waals surface area contributed by atoms with Crippen LogP contribution in [0.4, 0.5) is 0 Å². The summed E-state index contributed by atoms with van der Waals surface area (Å²) in [6.45, 7) is 0. The van der Waals surface area contributed by atoms with Crippen LogP contribution in [0.25, 0.3) is 22.2 Å². The van der Waals surface area contributed by atoms with Gasteiger partial charge in [0.1, 0.15) is 5.52 Å². The lowest BCUT2D eigenvalue weighted by molar-refractivity contribution is 0.0944. The summed E-state index contributed by atoms with van der Waals surface area (Å²) in [5.74, 6) is -0.250. The topological polar surface area (TPSA) is 112 Å². The normalized spacial score (nSPS) is 12.3. The highest BCUT2D eigenvalue weighted by atomic mass is 16.1. The van der Waals surface area contributed by atoms with Crippen molar-refractivity contribution in [2.45, 2.75) is 6.04 Å². The van der Waals surface area contributed by atoms with E-state index >= 15 is 0 Å². The molecule has 1 unspecified atom stereocenters. The van der Waals surface area contributed by atoms with Crippen LogP contribution in [0.15, 0.2) is 67.1 Å². The van der Waals surface area contributed by atoms with Gasteiger partial charge in [-0.2, -0.15) is 10.3 Å². The summed E-state index contributed by atoms with van der Waals surface area (Å²) >= 11 is 0. The standard InChI is InChI=1S/C20H15N7O/c28-20(14-8-9-21-19-18(14)25-27-26-19)24-17(12-4-2-1-3-5-12)13-6-7-15-16(10-13)23-11-22-15/h1-11,17H,(H,22,23)(H,24,28)(H,21,25,26,27). The van der Waals surface area contributed by atoms with Crippen LogP contribution in [0.2, 0.25) is 0 Å². The fourth-order valence-corrected chi connectivity index (χ4v) is 3.29. The van der Waals surface area contributed by atoms with Crippen LogP contribution >= 0.6 is 0 Å². The first-order chi connectivity index (χ1) is 13.8. The summed E-state index contributed by atoms with van der Waals surface area (Å²) in [7, 11) is 0. The smallest absolute Gasteiger partial charge is 0.254 e. The average Bonchev–Trinajstić information content (AvgIpc) is 3.40. The maximum absolute atomic E-state index is 13.1. The number of carbonyl (C=O) groups excluding carboxylic acids is 1. The highest BCUT2D eigenvalue weighted by Gasteiger charge is 2.21. The number of imidazole rings is 1. The van der Waals surface area contributed by atoms with Crippen molar-refractivity contribution in [1.29, 1.82) is 0 Å². The van der Waals surface area contributed by atoms with E-state index in [4.69, 9.17) is 0 Å². The number of benzene rings is 2. The van der Waals surface area contributed by atoms with E-state index < -0.39 is 0 Å². The van der Waals surface area contributed by atoms with Crippen LogP contribution in [0, 0.1) is 0 Å². The Balaban J connectivity index is 1.56. The van der Waals surface area contributed by atoms with Crippen LogP contribution < -0.4 is 5.32 Å². The Morgan fingerprint density at radius 1 is 0.964 bits per heavy atom. The van der Waals surface area contributed by atoms with Gasteiger partial charge in [-0.25, -0.2) is 9.97 Å². The van der Waals surface area contributed by atoms with Crippen molar-refractivity contribution in [3.8, 4) is 0 Å². The van der Waals surface area contributed by atoms with Crippen molar-refractivity contribution in [2.75, 3.05) is 0 Å². The molecule has 1 atom stereocenters. The number of nitrogens with one attached hydrogen (secondary N) is 3. The molecule has 0 fully saturated rings. The van der Waals surface area contributed by atoms with Crippen LogP contribution in [-0.2, 0) is 0 Å². The number of H-pyrrole nitrogens is 2. The molecule has 5 rings (SSSR count). The van der Waals surface area contributed by atoms with Crippen LogP contribution in [0.1, 0.15) is 27.5 Å². The number of hydrogen-bond donors (Lipinski definition) is 3. The Bertz CT molecular complexity index is 1280. The molecule has 0 saturated carbocycles. The predicted octanol–water partition coefficient (Wildman–Crippen LogP) is 2.75. The number of aromatic amines is 2.